The molecule has 1 aromatic heterocycles. The van der Waals surface area contributed by atoms with E-state index in [4.69, 9.17) is 0 Å². The summed E-state index contributed by atoms with van der Waals surface area (Å²) in [6.07, 6.45) is 5.42. The maximum Gasteiger partial charge on any atom is 0.156 e. The Kier molecular flexibility index (Phi) is 3.32. The summed E-state index contributed by atoms with van der Waals surface area (Å²) in [5, 5.41) is 14.5. The Hall–Kier alpha value is -1.23. The molecule has 1 N–H and O–H groups in total. The van der Waals surface area contributed by atoms with Gasteiger partial charge in [-0.25, -0.2) is 4.98 Å². The molecule has 3 aliphatic rings. The molecule has 3 fully saturated rings. The van der Waals surface area contributed by atoms with Crippen LogP contribution in [0.2, 0.25) is 0 Å². The van der Waals surface area contributed by atoms with Crippen molar-refractivity contribution in [3.63, 3.8) is 0 Å². The van der Waals surface area contributed by atoms with Crippen LogP contribution in [0.4, 0.5) is 0 Å². The highest BCUT2D eigenvalue weighted by Crippen LogP contribution is 2.44. The third kappa shape index (κ3) is 2.13. The average molecular weight is 300 g/mol. The van der Waals surface area contributed by atoms with Crippen molar-refractivity contribution in [1.29, 1.82) is 0 Å². The molecule has 0 saturated carbocycles. The number of hydrogen-bond acceptors (Lipinski definition) is 4. The van der Waals surface area contributed by atoms with Crippen LogP contribution in [0.3, 0.4) is 0 Å². The average Bonchev–Trinajstić information content (AvgIpc) is 3.11. The normalized spacial score (nSPS) is 31.0. The van der Waals surface area contributed by atoms with E-state index in [9.17, 15) is 5.11 Å². The molecule has 3 nitrogen and oxygen atoms in total. The molecule has 3 aliphatic heterocycles. The number of rotatable bonds is 3. The zero-order valence-corrected chi connectivity index (χ0v) is 12.8. The Labute approximate surface area is 129 Å². The third-order valence-corrected chi connectivity index (χ3v) is 6.00. The van der Waals surface area contributed by atoms with Gasteiger partial charge >= 0.3 is 0 Å². The Bertz CT molecular complexity index is 593. The molecule has 21 heavy (non-hydrogen) atoms. The number of thiazole rings is 1. The molecule has 0 amide bonds. The van der Waals surface area contributed by atoms with Crippen molar-refractivity contribution < 1.29 is 5.11 Å². The van der Waals surface area contributed by atoms with E-state index in [0.717, 1.165) is 36.0 Å². The Morgan fingerprint density at radius 2 is 1.95 bits per heavy atom. The van der Waals surface area contributed by atoms with Crippen LogP contribution in [-0.4, -0.2) is 34.1 Å². The molecule has 3 saturated heterocycles. The summed E-state index contributed by atoms with van der Waals surface area (Å²) in [5.74, 6) is 0.759. The van der Waals surface area contributed by atoms with Gasteiger partial charge in [0.15, 0.2) is 5.60 Å². The predicted octanol–water partition coefficient (Wildman–Crippen LogP) is 2.86. The second-order valence-corrected chi connectivity index (χ2v) is 7.10. The van der Waals surface area contributed by atoms with Crippen molar-refractivity contribution in [3.05, 3.63) is 52.5 Å². The molecule has 4 heterocycles. The summed E-state index contributed by atoms with van der Waals surface area (Å²) >= 11 is 1.56. The van der Waals surface area contributed by atoms with E-state index in [0.29, 0.717) is 0 Å². The quantitative estimate of drug-likeness (QED) is 0.947. The van der Waals surface area contributed by atoms with Gasteiger partial charge in [-0.05, 0) is 43.8 Å². The zero-order chi connectivity index (χ0) is 14.3. The molecule has 2 atom stereocenters. The van der Waals surface area contributed by atoms with Gasteiger partial charge in [0.05, 0.1) is 0 Å². The van der Waals surface area contributed by atoms with Crippen molar-refractivity contribution in [3.8, 4) is 0 Å². The number of aromatic nitrogens is 1. The van der Waals surface area contributed by atoms with Crippen LogP contribution in [0.5, 0.6) is 0 Å². The first-order chi connectivity index (χ1) is 10.3. The van der Waals surface area contributed by atoms with Gasteiger partial charge in [-0.1, -0.05) is 30.3 Å². The Morgan fingerprint density at radius 1 is 1.19 bits per heavy atom. The minimum atomic E-state index is -0.978. The molecule has 2 bridgehead atoms. The van der Waals surface area contributed by atoms with Crippen LogP contribution >= 0.6 is 11.3 Å². The first kappa shape index (κ1) is 13.4. The summed E-state index contributed by atoms with van der Waals surface area (Å²) in [6.45, 7) is 2.21. The van der Waals surface area contributed by atoms with Gasteiger partial charge < -0.3 is 5.11 Å². The fourth-order valence-corrected chi connectivity index (χ4v) is 4.77. The lowest BCUT2D eigenvalue weighted by Crippen LogP contribution is -2.58. The molecule has 2 aromatic rings. The lowest BCUT2D eigenvalue weighted by molar-refractivity contribution is -0.0746. The van der Waals surface area contributed by atoms with E-state index in [-0.39, 0.29) is 6.04 Å². The Balaban J connectivity index is 1.81. The zero-order valence-electron chi connectivity index (χ0n) is 12.0. The highest BCUT2D eigenvalue weighted by atomic mass is 32.1. The first-order valence-corrected chi connectivity index (χ1v) is 8.58. The van der Waals surface area contributed by atoms with Crippen LogP contribution in [0.15, 0.2) is 41.9 Å². The van der Waals surface area contributed by atoms with E-state index >= 15 is 0 Å². The molecule has 5 rings (SSSR count). The summed E-state index contributed by atoms with van der Waals surface area (Å²) < 4.78 is 0. The standard InChI is InChI=1S/C17H20N2OS/c20-17(16-18-8-11-21-16,14-4-2-1-3-5-14)15-12-13-6-9-19(15)10-7-13/h1-5,8,11,13,15,20H,6-7,9-10,12H2/t15-,17+/m1/s1. The van der Waals surface area contributed by atoms with Gasteiger partial charge in [0.2, 0.25) is 0 Å². The van der Waals surface area contributed by atoms with Crippen molar-refractivity contribution in [1.82, 2.24) is 9.88 Å². The predicted molar refractivity (Wildman–Crippen MR) is 84.3 cm³/mol. The lowest BCUT2D eigenvalue weighted by atomic mass is 9.74. The lowest BCUT2D eigenvalue weighted by Gasteiger charge is -2.51. The van der Waals surface area contributed by atoms with Crippen LogP contribution in [0, 0.1) is 5.92 Å². The van der Waals surface area contributed by atoms with E-state index in [1.807, 2.05) is 35.7 Å². The SMILES string of the molecule is O[C@](c1ccccc1)(c1nccs1)[C@H]1CC2CCN1CC2. The van der Waals surface area contributed by atoms with E-state index in [1.165, 1.54) is 12.8 Å². The maximum atomic E-state index is 11.7. The summed E-state index contributed by atoms with van der Waals surface area (Å²) in [4.78, 5) is 6.93. The molecule has 1 aromatic carbocycles. The minimum Gasteiger partial charge on any atom is -0.376 e. The second-order valence-electron chi connectivity index (χ2n) is 6.20. The van der Waals surface area contributed by atoms with Crippen LogP contribution < -0.4 is 0 Å². The van der Waals surface area contributed by atoms with Gasteiger partial charge in [-0.2, -0.15) is 0 Å². The second kappa shape index (κ2) is 5.20. The van der Waals surface area contributed by atoms with Crippen molar-refractivity contribution >= 4 is 11.3 Å². The largest absolute Gasteiger partial charge is 0.376 e. The fourth-order valence-electron chi connectivity index (χ4n) is 3.96. The highest BCUT2D eigenvalue weighted by Gasteiger charge is 2.49. The third-order valence-electron chi connectivity index (χ3n) is 5.10. The van der Waals surface area contributed by atoms with E-state index in [1.54, 1.807) is 17.5 Å². The van der Waals surface area contributed by atoms with Gasteiger partial charge in [-0.3, -0.25) is 4.90 Å². The van der Waals surface area contributed by atoms with Gasteiger partial charge in [-0.15, -0.1) is 11.3 Å². The van der Waals surface area contributed by atoms with E-state index in [2.05, 4.69) is 9.88 Å². The summed E-state index contributed by atoms with van der Waals surface area (Å²) in [6, 6.07) is 10.2. The number of aliphatic hydroxyl groups is 1. The van der Waals surface area contributed by atoms with Crippen molar-refractivity contribution in [2.75, 3.05) is 13.1 Å². The van der Waals surface area contributed by atoms with E-state index < -0.39 is 5.60 Å². The fraction of sp³-hybridized carbons (Fsp3) is 0.471. The number of piperidine rings is 3. The topological polar surface area (TPSA) is 36.4 Å². The molecular formula is C17H20N2OS. The molecular weight excluding hydrogens is 280 g/mol. The molecule has 110 valence electrons. The molecule has 0 radical (unpaired) electrons. The molecule has 4 heteroatoms. The van der Waals surface area contributed by atoms with Crippen LogP contribution in [-0.2, 0) is 5.60 Å². The molecule has 0 aliphatic carbocycles. The highest BCUT2D eigenvalue weighted by molar-refractivity contribution is 7.09. The van der Waals surface area contributed by atoms with Gasteiger partial charge in [0, 0.05) is 17.6 Å². The summed E-state index contributed by atoms with van der Waals surface area (Å²) in [7, 11) is 0. The molecule has 0 spiro atoms. The van der Waals surface area contributed by atoms with Gasteiger partial charge in [0.25, 0.3) is 0 Å². The number of fused-ring (bicyclic) bond motifs is 3. The van der Waals surface area contributed by atoms with Crippen molar-refractivity contribution in [2.45, 2.75) is 30.9 Å². The minimum absolute atomic E-state index is 0.151. The van der Waals surface area contributed by atoms with Crippen molar-refractivity contribution in [2.24, 2.45) is 5.92 Å². The van der Waals surface area contributed by atoms with Gasteiger partial charge in [0.1, 0.15) is 5.01 Å². The summed E-state index contributed by atoms with van der Waals surface area (Å²) in [5.41, 5.74) is -0.00775. The maximum absolute atomic E-state index is 11.7. The number of nitrogens with zero attached hydrogens (tertiary/aromatic N) is 2. The smallest absolute Gasteiger partial charge is 0.156 e. The monoisotopic (exact) mass is 300 g/mol. The molecule has 0 unspecified atom stereocenters. The number of benzene rings is 1. The van der Waals surface area contributed by atoms with Crippen LogP contribution in [0.25, 0.3) is 0 Å². The first-order valence-electron chi connectivity index (χ1n) is 7.70. The Morgan fingerprint density at radius 3 is 2.52 bits per heavy atom. The van der Waals surface area contributed by atoms with Crippen LogP contribution in [0.1, 0.15) is 29.8 Å². The number of hydrogen-bond donors (Lipinski definition) is 1.